The minimum atomic E-state index is 0.542. The normalized spacial score (nSPS) is 10.6. The van der Waals surface area contributed by atoms with Crippen LogP contribution >= 0.6 is 0 Å². The Morgan fingerprint density at radius 3 is 2.85 bits per heavy atom. The zero-order valence-corrected chi connectivity index (χ0v) is 10.9. The van der Waals surface area contributed by atoms with Crippen molar-refractivity contribution in [1.29, 1.82) is 0 Å². The Morgan fingerprint density at radius 2 is 2.00 bits per heavy atom. The van der Waals surface area contributed by atoms with Gasteiger partial charge < -0.3 is 15.8 Å². The summed E-state index contributed by atoms with van der Waals surface area (Å²) in [4.78, 5) is 4.29. The van der Waals surface area contributed by atoms with E-state index in [2.05, 4.69) is 15.4 Å². The maximum absolute atomic E-state index is 5.62. The standard InChI is InChI=1S/C14H15N5O/c15-11-1-3-12(4-2-11)20-10-8-17-14-13-5-6-18-19(13)9-7-16-14/h1-7,9H,8,10,15H2,(H,16,17). The molecule has 2 aromatic heterocycles. The van der Waals surface area contributed by atoms with Crippen molar-refractivity contribution < 1.29 is 4.74 Å². The molecule has 0 aliphatic rings. The first-order chi connectivity index (χ1) is 9.83. The van der Waals surface area contributed by atoms with E-state index in [1.54, 1.807) is 16.9 Å². The maximum atomic E-state index is 5.62. The van der Waals surface area contributed by atoms with Gasteiger partial charge in [0.1, 0.15) is 17.9 Å². The van der Waals surface area contributed by atoms with Crippen molar-refractivity contribution in [2.75, 3.05) is 24.2 Å². The maximum Gasteiger partial charge on any atom is 0.152 e. The lowest BCUT2D eigenvalue weighted by Crippen LogP contribution is -2.13. The van der Waals surface area contributed by atoms with E-state index in [1.165, 1.54) is 0 Å². The molecule has 0 atom stereocenters. The van der Waals surface area contributed by atoms with Gasteiger partial charge >= 0.3 is 0 Å². The summed E-state index contributed by atoms with van der Waals surface area (Å²) in [6.07, 6.45) is 5.27. The molecule has 0 aliphatic carbocycles. The Labute approximate surface area is 116 Å². The summed E-state index contributed by atoms with van der Waals surface area (Å²) >= 11 is 0. The molecule has 0 saturated heterocycles. The molecule has 102 valence electrons. The summed E-state index contributed by atoms with van der Waals surface area (Å²) in [6, 6.07) is 9.25. The minimum absolute atomic E-state index is 0.542. The number of rotatable bonds is 5. The molecule has 6 nitrogen and oxygen atoms in total. The van der Waals surface area contributed by atoms with Crippen LogP contribution in [0.2, 0.25) is 0 Å². The van der Waals surface area contributed by atoms with Gasteiger partial charge in [-0.3, -0.25) is 0 Å². The number of benzene rings is 1. The van der Waals surface area contributed by atoms with Crippen LogP contribution in [0.1, 0.15) is 0 Å². The lowest BCUT2D eigenvalue weighted by molar-refractivity contribution is 0.333. The Hall–Kier alpha value is -2.76. The monoisotopic (exact) mass is 269 g/mol. The van der Waals surface area contributed by atoms with Crippen LogP contribution in [0.25, 0.3) is 5.52 Å². The third-order valence-electron chi connectivity index (χ3n) is 2.87. The number of nitrogens with zero attached hydrogens (tertiary/aromatic N) is 3. The van der Waals surface area contributed by atoms with Gasteiger partial charge in [-0.25, -0.2) is 9.50 Å². The van der Waals surface area contributed by atoms with Gasteiger partial charge in [0.25, 0.3) is 0 Å². The molecular formula is C14H15N5O. The number of anilines is 2. The summed E-state index contributed by atoms with van der Waals surface area (Å²) in [7, 11) is 0. The fraction of sp³-hybridized carbons (Fsp3) is 0.143. The van der Waals surface area contributed by atoms with Crippen LogP contribution in [0.4, 0.5) is 11.5 Å². The number of fused-ring (bicyclic) bond motifs is 1. The van der Waals surface area contributed by atoms with Crippen LogP contribution in [0.15, 0.2) is 48.9 Å². The van der Waals surface area contributed by atoms with Crippen molar-refractivity contribution in [2.45, 2.75) is 0 Å². The number of nitrogens with two attached hydrogens (primary N) is 1. The zero-order chi connectivity index (χ0) is 13.8. The summed E-state index contributed by atoms with van der Waals surface area (Å²) in [5.74, 6) is 1.60. The van der Waals surface area contributed by atoms with Crippen molar-refractivity contribution in [3.05, 3.63) is 48.9 Å². The molecule has 1 aromatic carbocycles. The number of ether oxygens (including phenoxy) is 1. The van der Waals surface area contributed by atoms with Crippen molar-refractivity contribution in [3.8, 4) is 5.75 Å². The van der Waals surface area contributed by atoms with E-state index >= 15 is 0 Å². The molecular weight excluding hydrogens is 254 g/mol. The van der Waals surface area contributed by atoms with Crippen LogP contribution in [-0.2, 0) is 0 Å². The molecule has 2 heterocycles. The highest BCUT2D eigenvalue weighted by atomic mass is 16.5. The average molecular weight is 269 g/mol. The highest BCUT2D eigenvalue weighted by Gasteiger charge is 2.02. The highest BCUT2D eigenvalue weighted by molar-refractivity contribution is 5.66. The Bertz CT molecular complexity index is 692. The number of nitrogen functional groups attached to an aromatic ring is 1. The van der Waals surface area contributed by atoms with Gasteiger partial charge in [-0.1, -0.05) is 0 Å². The fourth-order valence-electron chi connectivity index (χ4n) is 1.90. The van der Waals surface area contributed by atoms with Crippen molar-refractivity contribution in [2.24, 2.45) is 0 Å². The average Bonchev–Trinajstić information content (AvgIpc) is 2.94. The van der Waals surface area contributed by atoms with Gasteiger partial charge in [-0.15, -0.1) is 0 Å². The Kier molecular flexibility index (Phi) is 3.36. The minimum Gasteiger partial charge on any atom is -0.492 e. The summed E-state index contributed by atoms with van der Waals surface area (Å²) < 4.78 is 7.38. The van der Waals surface area contributed by atoms with Gasteiger partial charge in [-0.2, -0.15) is 5.10 Å². The lowest BCUT2D eigenvalue weighted by atomic mass is 10.3. The van der Waals surface area contributed by atoms with Crippen LogP contribution in [0.5, 0.6) is 5.75 Å². The Morgan fingerprint density at radius 1 is 1.15 bits per heavy atom. The van der Waals surface area contributed by atoms with Gasteiger partial charge in [0.05, 0.1) is 12.7 Å². The molecule has 0 unspecified atom stereocenters. The largest absolute Gasteiger partial charge is 0.492 e. The first-order valence-electron chi connectivity index (χ1n) is 6.33. The molecule has 3 N–H and O–H groups in total. The molecule has 20 heavy (non-hydrogen) atoms. The molecule has 6 heteroatoms. The lowest BCUT2D eigenvalue weighted by Gasteiger charge is -2.09. The van der Waals surface area contributed by atoms with Crippen LogP contribution < -0.4 is 15.8 Å². The number of hydrogen-bond donors (Lipinski definition) is 2. The van der Waals surface area contributed by atoms with E-state index in [4.69, 9.17) is 10.5 Å². The van der Waals surface area contributed by atoms with E-state index < -0.39 is 0 Å². The van der Waals surface area contributed by atoms with E-state index in [1.807, 2.05) is 36.5 Å². The second-order valence-corrected chi connectivity index (χ2v) is 4.28. The number of nitrogens with one attached hydrogen (secondary N) is 1. The van der Waals surface area contributed by atoms with Crippen LogP contribution in [-0.4, -0.2) is 27.7 Å². The predicted molar refractivity (Wildman–Crippen MR) is 77.8 cm³/mol. The molecule has 0 fully saturated rings. The topological polar surface area (TPSA) is 77.5 Å². The molecule has 3 rings (SSSR count). The Balaban J connectivity index is 1.55. The SMILES string of the molecule is Nc1ccc(OCCNc2nccn3nccc23)cc1. The highest BCUT2D eigenvalue weighted by Crippen LogP contribution is 2.14. The number of hydrogen-bond acceptors (Lipinski definition) is 5. The van der Waals surface area contributed by atoms with E-state index in [9.17, 15) is 0 Å². The fourth-order valence-corrected chi connectivity index (χ4v) is 1.90. The van der Waals surface area contributed by atoms with Gasteiger partial charge in [0.15, 0.2) is 5.82 Å². The van der Waals surface area contributed by atoms with E-state index in [0.717, 1.165) is 22.8 Å². The molecule has 0 bridgehead atoms. The van der Waals surface area contributed by atoms with Gasteiger partial charge in [0, 0.05) is 18.1 Å². The predicted octanol–water partition coefficient (Wildman–Crippen LogP) is 1.80. The third kappa shape index (κ3) is 2.64. The molecule has 3 aromatic rings. The molecule has 0 amide bonds. The van der Waals surface area contributed by atoms with Crippen LogP contribution in [0.3, 0.4) is 0 Å². The van der Waals surface area contributed by atoms with Gasteiger partial charge in [-0.05, 0) is 30.3 Å². The van der Waals surface area contributed by atoms with E-state index in [0.29, 0.717) is 13.2 Å². The summed E-state index contributed by atoms with van der Waals surface area (Å²) in [5, 5.41) is 7.39. The second kappa shape index (κ2) is 5.48. The van der Waals surface area contributed by atoms with Crippen molar-refractivity contribution >= 4 is 17.0 Å². The second-order valence-electron chi connectivity index (χ2n) is 4.28. The molecule has 0 spiro atoms. The van der Waals surface area contributed by atoms with Crippen LogP contribution in [0, 0.1) is 0 Å². The zero-order valence-electron chi connectivity index (χ0n) is 10.9. The molecule has 0 aliphatic heterocycles. The summed E-state index contributed by atoms with van der Waals surface area (Å²) in [5.41, 5.74) is 7.29. The van der Waals surface area contributed by atoms with Crippen molar-refractivity contribution in [3.63, 3.8) is 0 Å². The molecule has 0 radical (unpaired) electrons. The molecule has 0 saturated carbocycles. The van der Waals surface area contributed by atoms with E-state index in [-0.39, 0.29) is 0 Å². The first kappa shape index (κ1) is 12.3. The van der Waals surface area contributed by atoms with Gasteiger partial charge in [0.2, 0.25) is 0 Å². The smallest absolute Gasteiger partial charge is 0.152 e. The summed E-state index contributed by atoms with van der Waals surface area (Å²) in [6.45, 7) is 1.20. The van der Waals surface area contributed by atoms with Crippen molar-refractivity contribution in [1.82, 2.24) is 14.6 Å². The number of aromatic nitrogens is 3. The quantitative estimate of drug-likeness (QED) is 0.545. The third-order valence-corrected chi connectivity index (χ3v) is 2.87. The first-order valence-corrected chi connectivity index (χ1v) is 6.33.